The summed E-state index contributed by atoms with van der Waals surface area (Å²) in [5, 5.41) is 12.3. The third kappa shape index (κ3) is 87.2. The van der Waals surface area contributed by atoms with Crippen molar-refractivity contribution in [1.82, 2.24) is 0 Å². The predicted molar refractivity (Wildman–Crippen MR) is 94.6 cm³/mol. The molecule has 0 aliphatic rings. The van der Waals surface area contributed by atoms with Gasteiger partial charge >= 0.3 is 52.2 Å². The number of halogens is 7. The maximum absolute atomic E-state index is 10.6. The molecular weight excluding hydrogens is 499 g/mol. The van der Waals surface area contributed by atoms with E-state index in [1.807, 2.05) is 5.97 Å². The van der Waals surface area contributed by atoms with Crippen LogP contribution in [0.2, 0.25) is 0 Å². The molecule has 27 heavy (non-hydrogen) atoms. The van der Waals surface area contributed by atoms with E-state index in [1.165, 1.54) is 0 Å². The molecule has 0 saturated carbocycles. The third-order valence-corrected chi connectivity index (χ3v) is 1.33. The number of methoxy groups -OCH3 is 2. The van der Waals surface area contributed by atoms with E-state index in [9.17, 15) is 22.8 Å². The zero-order chi connectivity index (χ0) is 22.3. The summed E-state index contributed by atoms with van der Waals surface area (Å²) in [7, 11) is 10.7. The molecule has 156 valence electrons. The minimum atomic E-state index is -5.08. The fourth-order valence-electron chi connectivity index (χ4n) is 0.167. The maximum Gasteiger partial charge on any atom is 1.00 e. The van der Waals surface area contributed by atoms with E-state index >= 15 is 0 Å². The summed E-state index contributed by atoms with van der Waals surface area (Å²) in [5.74, 6) is -0.757. The second-order valence-electron chi connectivity index (χ2n) is 2.52. The first-order valence-electron chi connectivity index (χ1n) is 4.87. The molecule has 0 aromatic rings. The summed E-state index contributed by atoms with van der Waals surface area (Å²) >= 11 is 8.98. The quantitative estimate of drug-likeness (QED) is 0.155. The third-order valence-electron chi connectivity index (χ3n) is 0.889. The number of carboxylic acids is 1. The number of hydrogen-bond donors (Lipinski definition) is 1. The smallest absolute Gasteiger partial charge is 0.582 e. The van der Waals surface area contributed by atoms with Crippen LogP contribution in [-0.4, -0.2) is 67.6 Å². The summed E-state index contributed by atoms with van der Waals surface area (Å²) in [4.78, 5) is 27.8. The first kappa shape index (κ1) is 41.8. The van der Waals surface area contributed by atoms with Crippen LogP contribution in [0.1, 0.15) is 0 Å². The minimum Gasteiger partial charge on any atom is -0.582 e. The van der Waals surface area contributed by atoms with E-state index in [2.05, 4.69) is 54.0 Å². The van der Waals surface area contributed by atoms with Crippen LogP contribution >= 0.6 is 44.6 Å². The SMILES string of the molecule is COCCOC.O=C(Cl)C(=O)Cl.O=C(O)C(F)(F)F.[BH3-]C#N.[Na+].[O-][S+](Cl)Cl. The Morgan fingerprint density at radius 3 is 1.33 bits per heavy atom. The molecule has 0 heterocycles. The van der Waals surface area contributed by atoms with Gasteiger partial charge in [0, 0.05) is 14.2 Å². The van der Waals surface area contributed by atoms with Crippen molar-refractivity contribution in [2.75, 3.05) is 27.4 Å². The minimum absolute atomic E-state index is 0. The zero-order valence-corrected chi connectivity index (χ0v) is 19.2. The monoisotopic (exact) mass is 511 g/mol. The van der Waals surface area contributed by atoms with Crippen LogP contribution in [-0.2, 0) is 33.5 Å². The molecule has 0 amide bonds. The standard InChI is InChI=1S/C4H10O2.C2Cl2O2.C2HF3O2.CH3BN.Cl2OS.Na/c1-5-3-4-6-2;3-1(5)2(4)6;3-2(4,5)1(6)7;2-1-3;1-4(2)3;/h3-4H2,1-2H3;;(H,6,7);2H3;;/q;;;-1;;+1. The van der Waals surface area contributed by atoms with Gasteiger partial charge in [-0.3, -0.25) is 14.9 Å². The van der Waals surface area contributed by atoms with Crippen LogP contribution in [0.4, 0.5) is 13.2 Å². The molecule has 0 fully saturated rings. The number of carbonyl (C=O) groups excluding carboxylic acids is 2. The number of carbonyl (C=O) groups is 3. The van der Waals surface area contributed by atoms with Gasteiger partial charge in [-0.2, -0.15) is 19.1 Å². The molecule has 0 saturated heterocycles. The topological polar surface area (TPSA) is 137 Å². The second-order valence-corrected chi connectivity index (χ2v) is 5.73. The van der Waals surface area contributed by atoms with Gasteiger partial charge in [0.05, 0.1) is 21.1 Å². The van der Waals surface area contributed by atoms with Crippen LogP contribution in [0.3, 0.4) is 0 Å². The van der Waals surface area contributed by atoms with E-state index in [1.54, 1.807) is 14.2 Å². The number of carboxylic acid groups (broad SMARTS) is 1. The van der Waals surface area contributed by atoms with Crippen LogP contribution in [0.15, 0.2) is 0 Å². The Balaban J connectivity index is -0.0000000520. The van der Waals surface area contributed by atoms with Crippen molar-refractivity contribution in [3.05, 3.63) is 0 Å². The van der Waals surface area contributed by atoms with Crippen molar-refractivity contribution in [2.24, 2.45) is 0 Å². The second kappa shape index (κ2) is 31.2. The van der Waals surface area contributed by atoms with E-state index in [4.69, 9.17) is 19.7 Å². The summed E-state index contributed by atoms with van der Waals surface area (Å²) in [6.45, 7) is 1.38. The molecule has 0 spiro atoms. The average Bonchev–Trinajstić information content (AvgIpc) is 2.45. The number of hydrogen-bond acceptors (Lipinski definition) is 7. The molecule has 0 bridgehead atoms. The molecule has 0 unspecified atom stereocenters. The summed E-state index contributed by atoms with van der Waals surface area (Å²) in [5.41, 5.74) is 0. The van der Waals surface area contributed by atoms with Gasteiger partial charge in [-0.1, -0.05) is 0 Å². The fraction of sp³-hybridized carbons (Fsp3) is 0.556. The van der Waals surface area contributed by atoms with Crippen molar-refractivity contribution in [2.45, 2.75) is 6.18 Å². The van der Waals surface area contributed by atoms with Crippen LogP contribution < -0.4 is 29.6 Å². The fourth-order valence-corrected chi connectivity index (χ4v) is 0.167. The number of aliphatic carboxylic acids is 1. The first-order chi connectivity index (χ1) is 11.6. The molecule has 0 rings (SSSR count). The van der Waals surface area contributed by atoms with Gasteiger partial charge in [0.25, 0.3) is 0 Å². The first-order valence-corrected chi connectivity index (χ1v) is 8.43. The van der Waals surface area contributed by atoms with E-state index in [-0.39, 0.29) is 37.4 Å². The van der Waals surface area contributed by atoms with Gasteiger partial charge < -0.3 is 19.1 Å². The molecular formula is C9H14BCl4F3NNaO7S. The van der Waals surface area contributed by atoms with Gasteiger partial charge in [-0.15, -0.1) is 0 Å². The normalized spacial score (nSPS) is 8.26. The summed E-state index contributed by atoms with van der Waals surface area (Å²) < 4.78 is 50.1. The molecule has 0 aromatic carbocycles. The Labute approximate surface area is 198 Å². The maximum atomic E-state index is 10.6. The van der Waals surface area contributed by atoms with E-state index in [0.717, 1.165) is 0 Å². The Morgan fingerprint density at radius 1 is 1.15 bits per heavy atom. The van der Waals surface area contributed by atoms with Crippen LogP contribution in [0, 0.1) is 11.2 Å². The molecule has 8 nitrogen and oxygen atoms in total. The van der Waals surface area contributed by atoms with Gasteiger partial charge in [-0.25, -0.2) is 4.79 Å². The number of ether oxygens (including phenoxy) is 2. The molecule has 0 aliphatic carbocycles. The molecule has 0 radical (unpaired) electrons. The Morgan fingerprint density at radius 2 is 1.30 bits per heavy atom. The van der Waals surface area contributed by atoms with Crippen molar-refractivity contribution in [1.29, 1.82) is 5.26 Å². The number of nitrogens with zero attached hydrogens (tertiary/aromatic N) is 1. The predicted octanol–water partition coefficient (Wildman–Crippen LogP) is -1.69. The van der Waals surface area contributed by atoms with Gasteiger partial charge in [0.1, 0.15) is 0 Å². The summed E-state index contributed by atoms with van der Waals surface area (Å²) in [6, 6.07) is 0. The van der Waals surface area contributed by atoms with Gasteiger partial charge in [-0.05, 0) is 23.2 Å². The number of alkyl halides is 3. The van der Waals surface area contributed by atoms with Crippen molar-refractivity contribution in [3.63, 3.8) is 0 Å². The number of nitriles is 1. The molecule has 18 heteroatoms. The largest absolute Gasteiger partial charge is 1.00 e. The zero-order valence-electron chi connectivity index (χ0n) is 13.3. The number of rotatable bonds is 4. The Bertz CT molecular complexity index is 401. The van der Waals surface area contributed by atoms with Crippen molar-refractivity contribution < 1.29 is 76.2 Å². The van der Waals surface area contributed by atoms with Crippen LogP contribution in [0.25, 0.3) is 0 Å². The van der Waals surface area contributed by atoms with Crippen LogP contribution in [0.5, 0.6) is 0 Å². The molecule has 0 atom stereocenters. The molecule has 0 aliphatic heterocycles. The van der Waals surface area contributed by atoms with Crippen molar-refractivity contribution >= 4 is 78.5 Å². The molecule has 1 N–H and O–H groups in total. The average molecular weight is 513 g/mol. The Hall–Kier alpha value is 0.545. The molecule has 0 aromatic heterocycles. The van der Waals surface area contributed by atoms with E-state index < -0.39 is 32.2 Å². The Kier molecular flexibility index (Phi) is 48.4. The van der Waals surface area contributed by atoms with Gasteiger partial charge in [0.15, 0.2) is 31.0 Å². The summed E-state index contributed by atoms with van der Waals surface area (Å²) in [6.07, 6.45) is -5.08. The van der Waals surface area contributed by atoms with E-state index in [0.29, 0.717) is 13.2 Å². The van der Waals surface area contributed by atoms with Gasteiger partial charge in [0.2, 0.25) is 0 Å². The van der Waals surface area contributed by atoms with Crippen molar-refractivity contribution in [3.8, 4) is 5.97 Å².